The van der Waals surface area contributed by atoms with E-state index in [1.807, 2.05) is 39.0 Å². The second kappa shape index (κ2) is 12.9. The van der Waals surface area contributed by atoms with Crippen LogP contribution in [0.4, 0.5) is 5.69 Å². The first-order chi connectivity index (χ1) is 18.6. The maximum Gasteiger partial charge on any atom is 0.244 e. The number of carbonyl (C=O) groups is 2. The van der Waals surface area contributed by atoms with Gasteiger partial charge in [0.25, 0.3) is 0 Å². The molecule has 0 aliphatic carbocycles. The molecular formula is C29H33Cl2N3O5S. The molecule has 1 N–H and O–H groups in total. The van der Waals surface area contributed by atoms with Crippen LogP contribution in [0.5, 0.6) is 11.5 Å². The van der Waals surface area contributed by atoms with Gasteiger partial charge in [0, 0.05) is 22.1 Å². The van der Waals surface area contributed by atoms with E-state index in [9.17, 15) is 18.0 Å². The quantitative estimate of drug-likeness (QED) is 0.311. The molecular weight excluding hydrogens is 573 g/mol. The lowest BCUT2D eigenvalue weighted by Gasteiger charge is -2.33. The van der Waals surface area contributed by atoms with E-state index >= 15 is 0 Å². The molecule has 11 heteroatoms. The summed E-state index contributed by atoms with van der Waals surface area (Å²) in [5, 5.41) is 3.62. The van der Waals surface area contributed by atoms with E-state index in [2.05, 4.69) is 5.32 Å². The Hall–Kier alpha value is -3.27. The van der Waals surface area contributed by atoms with E-state index in [4.69, 9.17) is 27.9 Å². The Morgan fingerprint density at radius 3 is 2.10 bits per heavy atom. The number of sulfonamides is 1. The molecule has 0 aliphatic heterocycles. The van der Waals surface area contributed by atoms with E-state index in [0.29, 0.717) is 27.1 Å². The normalized spacial score (nSPS) is 12.4. The predicted molar refractivity (Wildman–Crippen MR) is 160 cm³/mol. The fourth-order valence-electron chi connectivity index (χ4n) is 3.81. The molecule has 0 aromatic heterocycles. The lowest BCUT2D eigenvalue weighted by molar-refractivity contribution is -0.140. The van der Waals surface area contributed by atoms with Gasteiger partial charge < -0.3 is 15.0 Å². The molecule has 0 heterocycles. The SMILES string of the molecule is CC(C(=O)NC(C)(C)C)N(Cc1ccc(Cl)cc1Cl)C(=O)CN(c1ccc(Oc2ccccc2)cc1)S(C)(=O)=O. The van der Waals surface area contributed by atoms with Crippen LogP contribution in [0.25, 0.3) is 0 Å². The van der Waals surface area contributed by atoms with Crippen LogP contribution in [-0.4, -0.2) is 49.5 Å². The van der Waals surface area contributed by atoms with Gasteiger partial charge in [-0.2, -0.15) is 0 Å². The topological polar surface area (TPSA) is 96.0 Å². The zero-order valence-corrected chi connectivity index (χ0v) is 25.3. The highest BCUT2D eigenvalue weighted by molar-refractivity contribution is 7.92. The van der Waals surface area contributed by atoms with Gasteiger partial charge >= 0.3 is 0 Å². The molecule has 1 atom stereocenters. The number of ether oxygens (including phenoxy) is 1. The highest BCUT2D eigenvalue weighted by Gasteiger charge is 2.31. The third-order valence-electron chi connectivity index (χ3n) is 5.80. The zero-order chi connectivity index (χ0) is 29.7. The first-order valence-corrected chi connectivity index (χ1v) is 15.1. The molecule has 40 heavy (non-hydrogen) atoms. The number of anilines is 1. The molecule has 0 fully saturated rings. The van der Waals surface area contributed by atoms with Crippen molar-refractivity contribution >= 4 is 50.7 Å². The maximum atomic E-state index is 13.7. The van der Waals surface area contributed by atoms with Gasteiger partial charge in [-0.05, 0) is 81.8 Å². The van der Waals surface area contributed by atoms with Crippen LogP contribution >= 0.6 is 23.2 Å². The molecule has 8 nitrogen and oxygen atoms in total. The summed E-state index contributed by atoms with van der Waals surface area (Å²) in [6.45, 7) is 6.51. The molecule has 0 saturated heterocycles. The Morgan fingerprint density at radius 1 is 0.950 bits per heavy atom. The summed E-state index contributed by atoms with van der Waals surface area (Å²) in [4.78, 5) is 28.1. The van der Waals surface area contributed by atoms with Gasteiger partial charge in [-0.3, -0.25) is 13.9 Å². The van der Waals surface area contributed by atoms with E-state index in [1.165, 1.54) is 4.90 Å². The van der Waals surface area contributed by atoms with Crippen molar-refractivity contribution in [1.29, 1.82) is 0 Å². The second-order valence-electron chi connectivity index (χ2n) is 10.4. The first kappa shape index (κ1) is 31.3. The molecule has 0 aliphatic rings. The summed E-state index contributed by atoms with van der Waals surface area (Å²) >= 11 is 12.4. The van der Waals surface area contributed by atoms with Crippen molar-refractivity contribution in [2.24, 2.45) is 0 Å². The van der Waals surface area contributed by atoms with Gasteiger partial charge in [0.05, 0.1) is 11.9 Å². The van der Waals surface area contributed by atoms with Gasteiger partial charge in [0.15, 0.2) is 0 Å². The standard InChI is InChI=1S/C29H33Cl2N3O5S/c1-20(28(36)32-29(2,3)4)33(18-21-11-12-22(30)17-26(21)31)27(35)19-34(40(5,37)38)23-13-15-25(16-14-23)39-24-9-7-6-8-10-24/h6-17,20H,18-19H2,1-5H3,(H,32,36). The fraction of sp³-hybridized carbons (Fsp3) is 0.310. The van der Waals surface area contributed by atoms with E-state index in [0.717, 1.165) is 10.6 Å². The monoisotopic (exact) mass is 605 g/mol. The number of hydrogen-bond donors (Lipinski definition) is 1. The third kappa shape index (κ3) is 8.87. The molecule has 0 spiro atoms. The average Bonchev–Trinajstić information content (AvgIpc) is 2.86. The van der Waals surface area contributed by atoms with Crippen molar-refractivity contribution < 1.29 is 22.7 Å². The summed E-state index contributed by atoms with van der Waals surface area (Å²) in [6.07, 6.45) is 1.02. The minimum absolute atomic E-state index is 0.0327. The number of halogens is 2. The van der Waals surface area contributed by atoms with E-state index < -0.39 is 34.1 Å². The Balaban J connectivity index is 1.90. The van der Waals surface area contributed by atoms with Crippen molar-refractivity contribution in [2.75, 3.05) is 17.1 Å². The van der Waals surface area contributed by atoms with Crippen molar-refractivity contribution in [3.63, 3.8) is 0 Å². The van der Waals surface area contributed by atoms with Crippen LogP contribution in [0.1, 0.15) is 33.3 Å². The van der Waals surface area contributed by atoms with Gasteiger partial charge in [-0.25, -0.2) is 8.42 Å². The molecule has 0 radical (unpaired) electrons. The van der Waals surface area contributed by atoms with Crippen LogP contribution in [0.15, 0.2) is 72.8 Å². The largest absolute Gasteiger partial charge is 0.457 e. The third-order valence-corrected chi connectivity index (χ3v) is 7.53. The average molecular weight is 607 g/mol. The molecule has 3 aromatic rings. The van der Waals surface area contributed by atoms with Gasteiger partial charge in [0.1, 0.15) is 24.1 Å². The van der Waals surface area contributed by atoms with Crippen molar-refractivity contribution in [3.05, 3.63) is 88.4 Å². The minimum Gasteiger partial charge on any atom is -0.457 e. The van der Waals surface area contributed by atoms with Crippen LogP contribution in [0.3, 0.4) is 0 Å². The van der Waals surface area contributed by atoms with Gasteiger partial charge in [0.2, 0.25) is 21.8 Å². The smallest absolute Gasteiger partial charge is 0.244 e. The molecule has 214 valence electrons. The Morgan fingerprint density at radius 2 is 1.55 bits per heavy atom. The number of nitrogens with zero attached hydrogens (tertiary/aromatic N) is 2. The molecule has 1 unspecified atom stereocenters. The van der Waals surface area contributed by atoms with E-state index in [1.54, 1.807) is 61.5 Å². The second-order valence-corrected chi connectivity index (χ2v) is 13.1. The molecule has 2 amide bonds. The lowest BCUT2D eigenvalue weighted by atomic mass is 10.1. The van der Waals surface area contributed by atoms with E-state index in [-0.39, 0.29) is 18.1 Å². The molecule has 0 bridgehead atoms. The van der Waals surface area contributed by atoms with Crippen LogP contribution in [0.2, 0.25) is 10.0 Å². The number of rotatable bonds is 10. The Kier molecular flexibility index (Phi) is 10.1. The summed E-state index contributed by atoms with van der Waals surface area (Å²) in [5.41, 5.74) is 0.288. The highest BCUT2D eigenvalue weighted by Crippen LogP contribution is 2.27. The predicted octanol–water partition coefficient (Wildman–Crippen LogP) is 5.88. The number of para-hydroxylation sites is 1. The number of carbonyl (C=O) groups excluding carboxylic acids is 2. The molecule has 3 rings (SSSR count). The van der Waals surface area contributed by atoms with Crippen molar-refractivity contribution in [1.82, 2.24) is 10.2 Å². The van der Waals surface area contributed by atoms with Gasteiger partial charge in [-0.15, -0.1) is 0 Å². The minimum atomic E-state index is -3.88. The Bertz CT molecular complexity index is 1440. The number of amides is 2. The summed E-state index contributed by atoms with van der Waals surface area (Å²) in [7, 11) is -3.88. The zero-order valence-electron chi connectivity index (χ0n) is 23.0. The van der Waals surface area contributed by atoms with Crippen molar-refractivity contribution in [3.8, 4) is 11.5 Å². The highest BCUT2D eigenvalue weighted by atomic mass is 35.5. The molecule has 3 aromatic carbocycles. The Labute approximate surface area is 245 Å². The van der Waals surface area contributed by atoms with Gasteiger partial charge in [-0.1, -0.05) is 47.5 Å². The maximum absolute atomic E-state index is 13.7. The van der Waals surface area contributed by atoms with Crippen LogP contribution in [-0.2, 0) is 26.2 Å². The molecule has 0 saturated carbocycles. The summed E-state index contributed by atoms with van der Waals surface area (Å²) in [6, 6.07) is 19.4. The number of nitrogens with one attached hydrogen (secondary N) is 1. The fourth-order valence-corrected chi connectivity index (χ4v) is 5.13. The van der Waals surface area contributed by atoms with Crippen LogP contribution in [0, 0.1) is 0 Å². The first-order valence-electron chi connectivity index (χ1n) is 12.5. The lowest BCUT2D eigenvalue weighted by Crippen LogP contribution is -2.54. The number of hydrogen-bond acceptors (Lipinski definition) is 5. The summed E-state index contributed by atoms with van der Waals surface area (Å²) in [5.74, 6) is 0.155. The van der Waals surface area contributed by atoms with Crippen LogP contribution < -0.4 is 14.4 Å². The number of benzene rings is 3. The summed E-state index contributed by atoms with van der Waals surface area (Å²) < 4.78 is 32.4. The van der Waals surface area contributed by atoms with Crippen molar-refractivity contribution in [2.45, 2.75) is 45.8 Å².